The number of hydrogen-bond donors (Lipinski definition) is 1. The third-order valence-corrected chi connectivity index (χ3v) is 5.67. The number of aromatic nitrogens is 1. The van der Waals surface area contributed by atoms with Gasteiger partial charge in [-0.3, -0.25) is 0 Å². The van der Waals surface area contributed by atoms with E-state index in [1.165, 1.54) is 0 Å². The highest BCUT2D eigenvalue weighted by atomic mass is 32.2. The molecule has 0 saturated heterocycles. The van der Waals surface area contributed by atoms with Gasteiger partial charge in [0.15, 0.2) is 5.75 Å². The SMILES string of the molecule is CC[N+](c1nc(N=Nc2c(O)c3c(oc2=O)CCCC3)sc1C)=S(=O)=O. The largest absolute Gasteiger partial charge is 0.505 e. The Morgan fingerprint density at radius 3 is 2.73 bits per heavy atom. The molecule has 0 amide bonds. The summed E-state index contributed by atoms with van der Waals surface area (Å²) in [4.78, 5) is 16.8. The first-order valence-electron chi connectivity index (χ1n) is 8.06. The van der Waals surface area contributed by atoms with Crippen molar-refractivity contribution in [2.75, 3.05) is 6.54 Å². The number of thiazole rings is 1. The van der Waals surface area contributed by atoms with Crippen LogP contribution in [0.15, 0.2) is 19.4 Å². The number of aryl methyl sites for hydroxylation is 2. The summed E-state index contributed by atoms with van der Waals surface area (Å²) in [5.74, 6) is 0.562. The van der Waals surface area contributed by atoms with E-state index in [0.29, 0.717) is 29.0 Å². The van der Waals surface area contributed by atoms with Crippen LogP contribution in [0.2, 0.25) is 0 Å². The van der Waals surface area contributed by atoms with E-state index in [2.05, 4.69) is 15.2 Å². The van der Waals surface area contributed by atoms with Gasteiger partial charge < -0.3 is 9.52 Å². The second-order valence-corrected chi connectivity index (χ2v) is 7.74. The summed E-state index contributed by atoms with van der Waals surface area (Å²) in [6.07, 6.45) is 3.05. The molecule has 0 spiro atoms. The summed E-state index contributed by atoms with van der Waals surface area (Å²) in [6, 6.07) is 0. The summed E-state index contributed by atoms with van der Waals surface area (Å²) in [6.45, 7) is 3.63. The average molecular weight is 397 g/mol. The van der Waals surface area contributed by atoms with Crippen molar-refractivity contribution in [3.8, 4) is 5.75 Å². The van der Waals surface area contributed by atoms with E-state index in [1.807, 2.05) is 0 Å². The van der Waals surface area contributed by atoms with Crippen LogP contribution in [0.25, 0.3) is 0 Å². The second kappa shape index (κ2) is 7.46. The standard InChI is InChI=1S/C15H16N4O5S2/c1-3-19(26(22)23)13-8(2)25-15(16-13)18-17-11-12(20)9-6-4-5-7-10(9)24-14(11)21/h3-7H2,1-2H3/p+1. The van der Waals surface area contributed by atoms with Gasteiger partial charge >= 0.3 is 27.1 Å². The van der Waals surface area contributed by atoms with Crippen molar-refractivity contribution in [3.63, 3.8) is 0 Å². The van der Waals surface area contributed by atoms with Crippen molar-refractivity contribution in [1.29, 1.82) is 0 Å². The van der Waals surface area contributed by atoms with Crippen molar-refractivity contribution in [2.24, 2.45) is 10.2 Å². The molecule has 26 heavy (non-hydrogen) atoms. The van der Waals surface area contributed by atoms with E-state index in [4.69, 9.17) is 4.42 Å². The van der Waals surface area contributed by atoms with Crippen molar-refractivity contribution in [2.45, 2.75) is 39.5 Å². The maximum Gasteiger partial charge on any atom is 0.380 e. The number of aromatic hydroxyl groups is 1. The predicted octanol–water partition coefficient (Wildman–Crippen LogP) is 3.13. The molecule has 1 aliphatic carbocycles. The summed E-state index contributed by atoms with van der Waals surface area (Å²) in [5, 5.41) is 18.2. The molecule has 0 fully saturated rings. The molecule has 0 radical (unpaired) electrons. The molecule has 3 rings (SSSR count). The van der Waals surface area contributed by atoms with Gasteiger partial charge in [0.05, 0.1) is 0 Å². The molecule has 138 valence electrons. The van der Waals surface area contributed by atoms with Crippen LogP contribution < -0.4 is 5.63 Å². The van der Waals surface area contributed by atoms with Gasteiger partial charge in [-0.2, -0.15) is 0 Å². The van der Waals surface area contributed by atoms with Gasteiger partial charge in [-0.1, -0.05) is 16.5 Å². The lowest BCUT2D eigenvalue weighted by Crippen LogP contribution is -2.09. The Hall–Kier alpha value is -2.40. The zero-order valence-corrected chi connectivity index (χ0v) is 15.9. The molecule has 0 atom stereocenters. The Morgan fingerprint density at radius 1 is 1.31 bits per heavy atom. The zero-order valence-electron chi connectivity index (χ0n) is 14.2. The fourth-order valence-electron chi connectivity index (χ4n) is 2.80. The number of nitrogens with zero attached hydrogens (tertiary/aromatic N) is 4. The Morgan fingerprint density at radius 2 is 2.04 bits per heavy atom. The summed E-state index contributed by atoms with van der Waals surface area (Å²) < 4.78 is 28.8. The zero-order chi connectivity index (χ0) is 18.8. The molecule has 2 heterocycles. The van der Waals surface area contributed by atoms with Crippen LogP contribution >= 0.6 is 11.3 Å². The van der Waals surface area contributed by atoms with Crippen LogP contribution in [-0.2, 0) is 23.3 Å². The average Bonchev–Trinajstić information content (AvgIpc) is 2.95. The normalized spacial score (nSPS) is 13.8. The van der Waals surface area contributed by atoms with Crippen molar-refractivity contribution in [3.05, 3.63) is 26.6 Å². The molecule has 0 saturated carbocycles. The maximum atomic E-state index is 12.1. The van der Waals surface area contributed by atoms with Gasteiger partial charge in [-0.25, -0.2) is 4.79 Å². The number of rotatable bonds is 4. The molecule has 0 bridgehead atoms. The van der Waals surface area contributed by atoms with Crippen LogP contribution in [0.4, 0.5) is 16.6 Å². The van der Waals surface area contributed by atoms with Gasteiger partial charge in [-0.15, -0.1) is 17.5 Å². The molecule has 2 aromatic heterocycles. The minimum absolute atomic E-state index is 0.179. The smallest absolute Gasteiger partial charge is 0.380 e. The van der Waals surface area contributed by atoms with E-state index in [0.717, 1.165) is 28.1 Å². The van der Waals surface area contributed by atoms with Gasteiger partial charge in [-0.05, 0) is 38.1 Å². The molecule has 1 aliphatic rings. The summed E-state index contributed by atoms with van der Waals surface area (Å²) in [5.41, 5.74) is -0.421. The quantitative estimate of drug-likeness (QED) is 0.624. The molecule has 9 nitrogen and oxygen atoms in total. The van der Waals surface area contributed by atoms with Crippen molar-refractivity contribution in [1.82, 2.24) is 4.98 Å². The van der Waals surface area contributed by atoms with Crippen LogP contribution in [0, 0.1) is 6.92 Å². The van der Waals surface area contributed by atoms with E-state index in [9.17, 15) is 18.3 Å². The Balaban J connectivity index is 2.00. The lowest BCUT2D eigenvalue weighted by Gasteiger charge is -2.14. The molecule has 2 aromatic rings. The lowest BCUT2D eigenvalue weighted by atomic mass is 9.96. The fraction of sp³-hybridized carbons (Fsp3) is 0.467. The third-order valence-electron chi connectivity index (χ3n) is 4.04. The molecule has 0 aromatic carbocycles. The Labute approximate surface area is 154 Å². The summed E-state index contributed by atoms with van der Waals surface area (Å²) in [7, 11) is -2.45. The highest BCUT2D eigenvalue weighted by molar-refractivity contribution is 7.59. The molecule has 0 unspecified atom stereocenters. The summed E-state index contributed by atoms with van der Waals surface area (Å²) >= 11 is 1.13. The van der Waals surface area contributed by atoms with Crippen LogP contribution in [0.5, 0.6) is 5.75 Å². The van der Waals surface area contributed by atoms with Gasteiger partial charge in [0, 0.05) is 12.0 Å². The number of azo groups is 1. The topological polar surface area (TPSA) is 125 Å². The first-order chi connectivity index (χ1) is 12.4. The van der Waals surface area contributed by atoms with E-state index >= 15 is 0 Å². The highest BCUT2D eigenvalue weighted by Crippen LogP contribution is 2.36. The van der Waals surface area contributed by atoms with E-state index in [1.54, 1.807) is 13.8 Å². The Bertz CT molecular complexity index is 1070. The minimum Gasteiger partial charge on any atom is -0.505 e. The monoisotopic (exact) mass is 397 g/mol. The predicted molar refractivity (Wildman–Crippen MR) is 93.7 cm³/mol. The van der Waals surface area contributed by atoms with Gasteiger partial charge in [0.1, 0.15) is 17.2 Å². The van der Waals surface area contributed by atoms with E-state index < -0.39 is 16.1 Å². The van der Waals surface area contributed by atoms with E-state index in [-0.39, 0.29) is 28.9 Å². The van der Waals surface area contributed by atoms with Crippen LogP contribution in [0.3, 0.4) is 0 Å². The minimum atomic E-state index is -2.45. The molecular formula is C15H17N4O5S2+. The number of fused-ring (bicyclic) bond motifs is 1. The maximum absolute atomic E-state index is 12.1. The molecule has 1 N–H and O–H groups in total. The molecule has 0 aliphatic heterocycles. The highest BCUT2D eigenvalue weighted by Gasteiger charge is 2.24. The van der Waals surface area contributed by atoms with Crippen molar-refractivity contribution < 1.29 is 21.9 Å². The molecule has 11 heteroatoms. The lowest BCUT2D eigenvalue weighted by molar-refractivity contribution is -0.414. The first kappa shape index (κ1) is 18.4. The fourth-order valence-corrected chi connectivity index (χ4v) is 4.12. The first-order valence-corrected chi connectivity index (χ1v) is 9.91. The van der Waals surface area contributed by atoms with Gasteiger partial charge in [0.25, 0.3) is 0 Å². The van der Waals surface area contributed by atoms with Crippen molar-refractivity contribution >= 4 is 38.5 Å². The Kier molecular flexibility index (Phi) is 5.28. The van der Waals surface area contributed by atoms with Crippen LogP contribution in [-0.4, -0.2) is 29.0 Å². The van der Waals surface area contributed by atoms with Gasteiger partial charge in [0.2, 0.25) is 5.69 Å². The molecular weight excluding hydrogens is 380 g/mol. The third kappa shape index (κ3) is 3.44. The number of hydrogen-bond acceptors (Lipinski definition) is 9. The van der Waals surface area contributed by atoms with Crippen LogP contribution in [0.1, 0.15) is 36.0 Å². The second-order valence-electron chi connectivity index (χ2n) is 5.68.